The van der Waals surface area contributed by atoms with Crippen LogP contribution in [0.4, 0.5) is 5.82 Å². The van der Waals surface area contributed by atoms with Crippen LogP contribution < -0.4 is 4.90 Å². The lowest BCUT2D eigenvalue weighted by molar-refractivity contribution is 0.199. The third kappa shape index (κ3) is 2.94. The number of nitrogens with zero attached hydrogens (tertiary/aromatic N) is 4. The molecule has 1 aliphatic rings. The van der Waals surface area contributed by atoms with Crippen LogP contribution in [0.25, 0.3) is 6.08 Å². The largest absolute Gasteiger partial charge is 0.370 e. The molecule has 5 nitrogen and oxygen atoms in total. The quantitative estimate of drug-likeness (QED) is 0.665. The van der Waals surface area contributed by atoms with Gasteiger partial charge in [0.15, 0.2) is 10.9 Å². The average Bonchev–Trinajstić information content (AvgIpc) is 2.39. The number of hydrogen-bond donors (Lipinski definition) is 1. The number of anilines is 1. The van der Waals surface area contributed by atoms with Gasteiger partial charge >= 0.3 is 0 Å². The third-order valence-corrected chi connectivity index (χ3v) is 3.41. The summed E-state index contributed by atoms with van der Waals surface area (Å²) in [4.78, 5) is 10.5. The van der Waals surface area contributed by atoms with Gasteiger partial charge in [0.25, 0.3) is 0 Å². The molecule has 1 aromatic rings. The van der Waals surface area contributed by atoms with Crippen LogP contribution in [0.15, 0.2) is 11.2 Å². The average molecular weight is 290 g/mol. The zero-order chi connectivity index (χ0) is 14.9. The number of hydrogen-bond acceptors (Lipinski definition) is 6. The van der Waals surface area contributed by atoms with Gasteiger partial charge in [0.1, 0.15) is 18.1 Å². The van der Waals surface area contributed by atoms with Crippen LogP contribution in [-0.2, 0) is 0 Å². The fourth-order valence-corrected chi connectivity index (χ4v) is 2.44. The topological polar surface area (TPSA) is 73.0 Å². The maximum atomic E-state index is 10.2. The Bertz CT molecular complexity index is 586. The molecule has 0 aromatic carbocycles. The predicted octanol–water partition coefficient (Wildman–Crippen LogP) is 2.27. The van der Waals surface area contributed by atoms with Crippen LogP contribution >= 0.6 is 11.8 Å². The highest BCUT2D eigenvalue weighted by molar-refractivity contribution is 7.98. The van der Waals surface area contributed by atoms with E-state index in [-0.39, 0.29) is 5.41 Å². The summed E-state index contributed by atoms with van der Waals surface area (Å²) >= 11 is 1.39. The van der Waals surface area contributed by atoms with Gasteiger partial charge in [0.2, 0.25) is 0 Å². The molecule has 0 fully saturated rings. The molecule has 0 radical (unpaired) electrons. The zero-order valence-corrected chi connectivity index (χ0v) is 12.9. The molecule has 0 bridgehead atoms. The molecule has 1 atom stereocenters. The van der Waals surface area contributed by atoms with Crippen LogP contribution in [0.5, 0.6) is 0 Å². The van der Waals surface area contributed by atoms with E-state index < -0.39 is 6.23 Å². The molecule has 0 saturated heterocycles. The summed E-state index contributed by atoms with van der Waals surface area (Å²) in [6.45, 7) is 6.93. The van der Waals surface area contributed by atoms with Gasteiger partial charge in [0, 0.05) is 6.54 Å². The highest BCUT2D eigenvalue weighted by atomic mass is 32.2. The number of nitriles is 1. The summed E-state index contributed by atoms with van der Waals surface area (Å²) in [6, 6.07) is 2.10. The molecule has 0 aliphatic carbocycles. The first-order valence-electron chi connectivity index (χ1n) is 6.35. The van der Waals surface area contributed by atoms with Crippen molar-refractivity contribution in [1.29, 1.82) is 5.26 Å². The Morgan fingerprint density at radius 3 is 2.70 bits per heavy atom. The van der Waals surface area contributed by atoms with Crippen molar-refractivity contribution in [3.63, 3.8) is 0 Å². The smallest absolute Gasteiger partial charge is 0.190 e. The third-order valence-electron chi connectivity index (χ3n) is 2.86. The molecule has 1 aliphatic heterocycles. The molecule has 2 heterocycles. The first-order chi connectivity index (χ1) is 9.35. The second kappa shape index (κ2) is 5.43. The Labute approximate surface area is 123 Å². The molecule has 20 heavy (non-hydrogen) atoms. The molecule has 2 rings (SSSR count). The standard InChI is InChI=1S/C14H18N4OS/c1-14(2,3)8-18-11(19)6-5-9-10(7-15)16-13(20-4)17-12(9)18/h5-6,11,19H,8H2,1-4H3. The fourth-order valence-electron chi connectivity index (χ4n) is 2.08. The lowest BCUT2D eigenvalue weighted by Gasteiger charge is -2.36. The lowest BCUT2D eigenvalue weighted by atomic mass is 9.95. The van der Waals surface area contributed by atoms with E-state index in [1.54, 1.807) is 12.2 Å². The van der Waals surface area contributed by atoms with E-state index in [1.807, 2.05) is 11.2 Å². The summed E-state index contributed by atoms with van der Waals surface area (Å²) in [5.74, 6) is 0.630. The van der Waals surface area contributed by atoms with Crippen molar-refractivity contribution >= 4 is 23.7 Å². The van der Waals surface area contributed by atoms with E-state index in [1.165, 1.54) is 11.8 Å². The summed E-state index contributed by atoms with van der Waals surface area (Å²) in [5, 5.41) is 20.0. The van der Waals surface area contributed by atoms with E-state index in [2.05, 4.69) is 36.8 Å². The second-order valence-corrected chi connectivity index (χ2v) is 6.64. The Balaban J connectivity index is 2.55. The maximum absolute atomic E-state index is 10.2. The summed E-state index contributed by atoms with van der Waals surface area (Å²) in [5.41, 5.74) is 1.03. The molecule has 1 aromatic heterocycles. The van der Waals surface area contributed by atoms with Gasteiger partial charge in [-0.1, -0.05) is 32.5 Å². The minimum absolute atomic E-state index is 0.000702. The van der Waals surface area contributed by atoms with E-state index >= 15 is 0 Å². The Morgan fingerprint density at radius 2 is 2.15 bits per heavy atom. The molecule has 6 heteroatoms. The highest BCUT2D eigenvalue weighted by Gasteiger charge is 2.28. The van der Waals surface area contributed by atoms with Crippen LogP contribution in [0, 0.1) is 16.7 Å². The molecule has 106 valence electrons. The second-order valence-electron chi connectivity index (χ2n) is 5.87. The van der Waals surface area contributed by atoms with E-state index in [0.717, 1.165) is 0 Å². The number of fused-ring (bicyclic) bond motifs is 1. The number of thioether (sulfide) groups is 1. The van der Waals surface area contributed by atoms with Crippen molar-refractivity contribution < 1.29 is 5.11 Å². The fraction of sp³-hybridized carbons (Fsp3) is 0.500. The molecule has 0 spiro atoms. The molecule has 1 unspecified atom stereocenters. The maximum Gasteiger partial charge on any atom is 0.190 e. The molecule has 0 saturated carbocycles. The minimum Gasteiger partial charge on any atom is -0.370 e. The van der Waals surface area contributed by atoms with Crippen molar-refractivity contribution in [3.05, 3.63) is 17.3 Å². The van der Waals surface area contributed by atoms with Gasteiger partial charge in [-0.2, -0.15) is 5.26 Å². The normalized spacial score (nSPS) is 17.8. The zero-order valence-electron chi connectivity index (χ0n) is 12.1. The predicted molar refractivity (Wildman–Crippen MR) is 80.4 cm³/mol. The Kier molecular flexibility index (Phi) is 4.02. The van der Waals surface area contributed by atoms with Crippen LogP contribution in [0.3, 0.4) is 0 Å². The molecular weight excluding hydrogens is 272 g/mol. The minimum atomic E-state index is -0.724. The molecular formula is C14H18N4OS. The van der Waals surface area contributed by atoms with Crippen molar-refractivity contribution in [2.75, 3.05) is 17.7 Å². The van der Waals surface area contributed by atoms with Crippen LogP contribution in [0.2, 0.25) is 0 Å². The number of aromatic nitrogens is 2. The number of rotatable bonds is 2. The first kappa shape index (κ1) is 14.8. The van der Waals surface area contributed by atoms with Gasteiger partial charge in [0.05, 0.1) is 5.56 Å². The summed E-state index contributed by atoms with van der Waals surface area (Å²) in [7, 11) is 0. The summed E-state index contributed by atoms with van der Waals surface area (Å²) in [6.07, 6.45) is 4.53. The summed E-state index contributed by atoms with van der Waals surface area (Å²) < 4.78 is 0. The van der Waals surface area contributed by atoms with E-state index in [4.69, 9.17) is 0 Å². The Hall–Kier alpha value is -1.58. The van der Waals surface area contributed by atoms with E-state index in [9.17, 15) is 10.4 Å². The van der Waals surface area contributed by atoms with Crippen molar-refractivity contribution in [2.45, 2.75) is 32.2 Å². The Morgan fingerprint density at radius 1 is 1.45 bits per heavy atom. The first-order valence-corrected chi connectivity index (χ1v) is 7.57. The number of aliphatic hydroxyl groups excluding tert-OH is 1. The van der Waals surface area contributed by atoms with Crippen molar-refractivity contribution in [3.8, 4) is 6.07 Å². The van der Waals surface area contributed by atoms with Gasteiger partial charge in [-0.15, -0.1) is 0 Å². The van der Waals surface area contributed by atoms with Gasteiger partial charge in [-0.3, -0.25) is 0 Å². The van der Waals surface area contributed by atoms with Gasteiger partial charge in [-0.25, -0.2) is 9.97 Å². The van der Waals surface area contributed by atoms with Crippen LogP contribution in [0.1, 0.15) is 32.0 Å². The monoisotopic (exact) mass is 290 g/mol. The molecule has 0 amide bonds. The SMILES string of the molecule is CSc1nc(C#N)c2c(n1)N(CC(C)(C)C)C(O)C=C2. The van der Waals surface area contributed by atoms with Gasteiger partial charge < -0.3 is 10.0 Å². The van der Waals surface area contributed by atoms with Gasteiger partial charge in [-0.05, 0) is 23.8 Å². The van der Waals surface area contributed by atoms with E-state index in [0.29, 0.717) is 28.8 Å². The lowest BCUT2D eigenvalue weighted by Crippen LogP contribution is -2.42. The van der Waals surface area contributed by atoms with Crippen molar-refractivity contribution in [2.24, 2.45) is 5.41 Å². The number of aliphatic hydroxyl groups is 1. The van der Waals surface area contributed by atoms with Crippen LogP contribution in [-0.4, -0.2) is 34.1 Å². The molecule has 1 N–H and O–H groups in total. The van der Waals surface area contributed by atoms with Crippen molar-refractivity contribution in [1.82, 2.24) is 9.97 Å². The highest BCUT2D eigenvalue weighted by Crippen LogP contribution is 2.32.